The summed E-state index contributed by atoms with van der Waals surface area (Å²) in [6.45, 7) is -0.772. The lowest BCUT2D eigenvalue weighted by Crippen LogP contribution is -2.36. The summed E-state index contributed by atoms with van der Waals surface area (Å²) >= 11 is 0. The van der Waals surface area contributed by atoms with Crippen LogP contribution < -0.4 is 0 Å². The summed E-state index contributed by atoms with van der Waals surface area (Å²) in [5, 5.41) is 0. The molecule has 10 heteroatoms. The van der Waals surface area contributed by atoms with Crippen LogP contribution in [0.3, 0.4) is 0 Å². The van der Waals surface area contributed by atoms with Crippen LogP contribution in [0, 0.1) is 0 Å². The summed E-state index contributed by atoms with van der Waals surface area (Å²) in [4.78, 5) is 65.7. The van der Waals surface area contributed by atoms with E-state index < -0.39 is 48.2 Å². The predicted molar refractivity (Wildman–Crippen MR) is 190 cm³/mol. The van der Waals surface area contributed by atoms with Crippen LogP contribution in [-0.4, -0.2) is 61.4 Å². The van der Waals surface area contributed by atoms with Gasteiger partial charge in [0.2, 0.25) is 0 Å². The topological polar surface area (TPSA) is 132 Å². The smallest absolute Gasteiger partial charge is 0.338 e. The first-order valence-corrected chi connectivity index (χ1v) is 16.6. The maximum Gasteiger partial charge on any atom is 0.338 e. The van der Waals surface area contributed by atoms with Crippen LogP contribution in [0.5, 0.6) is 0 Å². The average molecular weight is 701 g/mol. The average Bonchev–Trinajstić information content (AvgIpc) is 3.20. The molecule has 0 N–H and O–H groups in total. The third-order valence-electron chi connectivity index (χ3n) is 7.72. The number of carbonyl (C=O) groups excluding carboxylic acids is 5. The summed E-state index contributed by atoms with van der Waals surface area (Å²) < 4.78 is 28.7. The molecule has 0 amide bonds. The first kappa shape index (κ1) is 36.7. The second kappa shape index (κ2) is 19.0. The highest BCUT2D eigenvalue weighted by atomic mass is 16.6. The van der Waals surface area contributed by atoms with Crippen molar-refractivity contribution in [2.75, 3.05) is 13.2 Å². The Balaban J connectivity index is 1.41. The normalized spacial score (nSPS) is 12.3. The molecule has 0 spiro atoms. The zero-order valence-electron chi connectivity index (χ0n) is 28.1. The molecule has 0 aliphatic rings. The lowest BCUT2D eigenvalue weighted by atomic mass is 10.0. The quantitative estimate of drug-likeness (QED) is 0.0772. The highest BCUT2D eigenvalue weighted by molar-refractivity contribution is 5.91. The maximum atomic E-state index is 13.4. The van der Waals surface area contributed by atoms with E-state index in [0.29, 0.717) is 0 Å². The third kappa shape index (κ3) is 11.2. The van der Waals surface area contributed by atoms with E-state index in [0.717, 1.165) is 0 Å². The van der Waals surface area contributed by atoms with Crippen molar-refractivity contribution in [3.8, 4) is 0 Å². The Hall–Kier alpha value is -6.55. The molecule has 0 aromatic heterocycles. The molecule has 0 aliphatic heterocycles. The number of esters is 5. The van der Waals surface area contributed by atoms with Crippen molar-refractivity contribution in [1.82, 2.24) is 0 Å². The molecule has 5 aromatic rings. The van der Waals surface area contributed by atoms with Gasteiger partial charge in [0.05, 0.1) is 27.8 Å². The number of rotatable bonds is 16. The molecule has 0 fully saturated rings. The van der Waals surface area contributed by atoms with E-state index >= 15 is 0 Å². The van der Waals surface area contributed by atoms with Gasteiger partial charge in [-0.15, -0.1) is 0 Å². The second-order valence-corrected chi connectivity index (χ2v) is 11.6. The van der Waals surface area contributed by atoms with Gasteiger partial charge in [-0.1, -0.05) is 91.0 Å². The highest BCUT2D eigenvalue weighted by Gasteiger charge is 2.31. The van der Waals surface area contributed by atoms with Crippen molar-refractivity contribution < 1.29 is 47.7 Å². The van der Waals surface area contributed by atoms with E-state index in [1.807, 2.05) is 0 Å². The molecular formula is C42H36O10. The molecule has 1 unspecified atom stereocenters. The molecule has 3 atom stereocenters. The third-order valence-corrected chi connectivity index (χ3v) is 7.72. The van der Waals surface area contributed by atoms with E-state index in [2.05, 4.69) is 0 Å². The fraction of sp³-hybridized carbons (Fsp3) is 0.167. The Labute approximate surface area is 300 Å². The van der Waals surface area contributed by atoms with E-state index in [1.54, 1.807) is 152 Å². The summed E-state index contributed by atoms with van der Waals surface area (Å²) in [7, 11) is 0. The van der Waals surface area contributed by atoms with E-state index in [-0.39, 0.29) is 53.9 Å². The fourth-order valence-electron chi connectivity index (χ4n) is 5.11. The Morgan fingerprint density at radius 3 is 0.827 bits per heavy atom. The molecule has 52 heavy (non-hydrogen) atoms. The lowest BCUT2D eigenvalue weighted by molar-refractivity contribution is -0.0430. The fourth-order valence-corrected chi connectivity index (χ4v) is 5.11. The van der Waals surface area contributed by atoms with Gasteiger partial charge in [-0.3, -0.25) is 0 Å². The van der Waals surface area contributed by atoms with Crippen molar-refractivity contribution in [2.45, 2.75) is 31.2 Å². The number of hydrogen-bond donors (Lipinski definition) is 0. The minimum atomic E-state index is -1.12. The number of carbonyl (C=O) groups is 5. The van der Waals surface area contributed by atoms with E-state index in [9.17, 15) is 24.0 Å². The summed E-state index contributed by atoms with van der Waals surface area (Å²) in [5.74, 6) is -3.39. The second-order valence-electron chi connectivity index (χ2n) is 11.6. The maximum absolute atomic E-state index is 13.4. The van der Waals surface area contributed by atoms with Crippen molar-refractivity contribution in [3.63, 3.8) is 0 Å². The van der Waals surface area contributed by atoms with Crippen LogP contribution in [0.2, 0.25) is 0 Å². The Morgan fingerprint density at radius 1 is 0.327 bits per heavy atom. The van der Waals surface area contributed by atoms with Gasteiger partial charge in [-0.05, 0) is 60.7 Å². The van der Waals surface area contributed by atoms with Gasteiger partial charge in [0.1, 0.15) is 31.5 Å². The lowest BCUT2D eigenvalue weighted by Gasteiger charge is -2.27. The van der Waals surface area contributed by atoms with Crippen LogP contribution in [-0.2, 0) is 23.7 Å². The van der Waals surface area contributed by atoms with Crippen LogP contribution in [0.1, 0.15) is 64.6 Å². The minimum absolute atomic E-state index is 0.175. The van der Waals surface area contributed by atoms with Crippen LogP contribution in [0.25, 0.3) is 0 Å². The van der Waals surface area contributed by atoms with Crippen LogP contribution >= 0.6 is 0 Å². The first-order chi connectivity index (χ1) is 25.4. The zero-order chi connectivity index (χ0) is 36.5. The summed E-state index contributed by atoms with van der Waals surface area (Å²) in [6, 6.07) is 41.3. The van der Waals surface area contributed by atoms with Gasteiger partial charge < -0.3 is 23.7 Å². The molecule has 0 saturated heterocycles. The minimum Gasteiger partial charge on any atom is -0.458 e. The number of benzene rings is 5. The molecule has 10 nitrogen and oxygen atoms in total. The Morgan fingerprint density at radius 2 is 0.558 bits per heavy atom. The van der Waals surface area contributed by atoms with E-state index in [1.165, 1.54) is 0 Å². The monoisotopic (exact) mass is 700 g/mol. The van der Waals surface area contributed by atoms with Gasteiger partial charge in [0, 0.05) is 12.8 Å². The molecule has 5 aromatic carbocycles. The molecule has 0 heterocycles. The van der Waals surface area contributed by atoms with Crippen LogP contribution in [0.4, 0.5) is 0 Å². The summed E-state index contributed by atoms with van der Waals surface area (Å²) in [5.41, 5.74) is 1.32. The van der Waals surface area contributed by atoms with Gasteiger partial charge in [0.25, 0.3) is 0 Å². The Bertz CT molecular complexity index is 1780. The molecule has 0 aliphatic carbocycles. The van der Waals surface area contributed by atoms with E-state index in [4.69, 9.17) is 23.7 Å². The van der Waals surface area contributed by atoms with Gasteiger partial charge in [0.15, 0.2) is 0 Å². The molecular weight excluding hydrogens is 664 g/mol. The molecule has 0 radical (unpaired) electrons. The summed E-state index contributed by atoms with van der Waals surface area (Å²) in [6.07, 6.45) is -3.69. The highest BCUT2D eigenvalue weighted by Crippen LogP contribution is 2.21. The zero-order valence-corrected chi connectivity index (χ0v) is 28.1. The largest absolute Gasteiger partial charge is 0.458 e. The van der Waals surface area contributed by atoms with Crippen molar-refractivity contribution in [2.24, 2.45) is 0 Å². The number of ether oxygens (including phenoxy) is 5. The molecule has 0 bridgehead atoms. The Kier molecular flexibility index (Phi) is 13.4. The van der Waals surface area contributed by atoms with Gasteiger partial charge in [-0.25, -0.2) is 24.0 Å². The first-order valence-electron chi connectivity index (χ1n) is 16.6. The number of hydrogen-bond acceptors (Lipinski definition) is 10. The predicted octanol–water partition coefficient (Wildman–Crippen LogP) is 7.16. The van der Waals surface area contributed by atoms with Gasteiger partial charge >= 0.3 is 29.8 Å². The van der Waals surface area contributed by atoms with Crippen molar-refractivity contribution >= 4 is 29.8 Å². The van der Waals surface area contributed by atoms with Crippen molar-refractivity contribution in [1.29, 1.82) is 0 Å². The van der Waals surface area contributed by atoms with Crippen LogP contribution in [0.15, 0.2) is 152 Å². The van der Waals surface area contributed by atoms with Gasteiger partial charge in [-0.2, -0.15) is 0 Å². The molecule has 5 rings (SSSR count). The van der Waals surface area contributed by atoms with Crippen molar-refractivity contribution in [3.05, 3.63) is 179 Å². The SMILES string of the molecule is O=C(OC[C@H](CC(C[C@H](COC(=O)c1ccccc1)OC(=O)c1ccccc1)OC(=O)c1ccccc1)OC(=O)c1ccccc1)c1ccccc1. The molecule has 264 valence electrons. The molecule has 0 saturated carbocycles. The standard InChI is InChI=1S/C42H36O10/c43-38(30-16-6-1-7-17-30)48-28-36(51-41(46)33-22-12-4-13-23-33)26-35(50-40(45)32-20-10-3-11-21-32)27-37(52-42(47)34-24-14-5-15-25-34)29-49-39(44)31-18-8-2-9-19-31/h1-25,35-37H,26-29H2/t35?,36-,37+.